The fraction of sp³-hybridized carbons (Fsp3) is 0.364. The lowest BCUT2D eigenvalue weighted by molar-refractivity contribution is 0.648. The zero-order valence-corrected chi connectivity index (χ0v) is 7.46. The minimum absolute atomic E-state index is 0.507. The Bertz CT molecular complexity index is 315. The van der Waals surface area contributed by atoms with Gasteiger partial charge in [-0.1, -0.05) is 12.1 Å². The average molecular weight is 172 g/mol. The summed E-state index contributed by atoms with van der Waals surface area (Å²) in [6.07, 6.45) is 2.47. The molecule has 1 unspecified atom stereocenters. The number of rotatable bonds is 1. The first-order valence-corrected chi connectivity index (χ1v) is 4.63. The molecule has 1 N–H and O–H groups in total. The molecular weight excluding hydrogens is 160 g/mol. The van der Waals surface area contributed by atoms with E-state index in [1.54, 1.807) is 0 Å². The van der Waals surface area contributed by atoms with Crippen molar-refractivity contribution in [2.24, 2.45) is 0 Å². The van der Waals surface area contributed by atoms with E-state index in [0.29, 0.717) is 6.04 Å². The fourth-order valence-electron chi connectivity index (χ4n) is 1.76. The van der Waals surface area contributed by atoms with Crippen molar-refractivity contribution in [3.8, 4) is 6.07 Å². The van der Waals surface area contributed by atoms with Crippen molar-refractivity contribution in [1.29, 1.82) is 5.26 Å². The third-order valence-electron chi connectivity index (χ3n) is 2.50. The highest BCUT2D eigenvalue weighted by Gasteiger charge is 2.15. The average Bonchev–Trinajstić information content (AvgIpc) is 2.71. The summed E-state index contributed by atoms with van der Waals surface area (Å²) in [5.74, 6) is 0. The minimum atomic E-state index is 0.507. The van der Waals surface area contributed by atoms with Crippen LogP contribution in [-0.4, -0.2) is 6.54 Å². The van der Waals surface area contributed by atoms with Gasteiger partial charge in [-0.25, -0.2) is 0 Å². The number of nitrogens with one attached hydrogen (secondary N) is 1. The highest BCUT2D eigenvalue weighted by molar-refractivity contribution is 5.33. The van der Waals surface area contributed by atoms with Gasteiger partial charge in [-0.2, -0.15) is 5.26 Å². The molecule has 2 heteroatoms. The molecule has 0 radical (unpaired) electrons. The molecule has 1 aromatic carbocycles. The monoisotopic (exact) mass is 172 g/mol. The molecule has 1 aliphatic rings. The predicted molar refractivity (Wildman–Crippen MR) is 51.1 cm³/mol. The molecule has 0 aliphatic carbocycles. The lowest BCUT2D eigenvalue weighted by atomic mass is 10.0. The Morgan fingerprint density at radius 3 is 2.62 bits per heavy atom. The SMILES string of the molecule is N#Cc1ccc(C2CCCN2)cc1. The Balaban J connectivity index is 2.18. The largest absolute Gasteiger partial charge is 0.310 e. The molecule has 2 nitrogen and oxygen atoms in total. The van der Waals surface area contributed by atoms with Crippen LogP contribution in [0.15, 0.2) is 24.3 Å². The molecule has 1 aliphatic heterocycles. The molecular formula is C11H12N2. The van der Waals surface area contributed by atoms with E-state index in [-0.39, 0.29) is 0 Å². The van der Waals surface area contributed by atoms with E-state index in [1.807, 2.05) is 24.3 Å². The molecule has 1 atom stereocenters. The quantitative estimate of drug-likeness (QED) is 0.703. The Labute approximate surface area is 78.2 Å². The number of nitriles is 1. The molecule has 1 aromatic rings. The molecule has 13 heavy (non-hydrogen) atoms. The third-order valence-corrected chi connectivity index (χ3v) is 2.50. The third kappa shape index (κ3) is 1.71. The predicted octanol–water partition coefficient (Wildman–Crippen LogP) is 1.98. The molecule has 1 fully saturated rings. The Hall–Kier alpha value is -1.33. The van der Waals surface area contributed by atoms with Crippen molar-refractivity contribution >= 4 is 0 Å². The number of nitrogens with zero attached hydrogens (tertiary/aromatic N) is 1. The fourth-order valence-corrected chi connectivity index (χ4v) is 1.76. The van der Waals surface area contributed by atoms with E-state index in [9.17, 15) is 0 Å². The summed E-state index contributed by atoms with van der Waals surface area (Å²) in [5.41, 5.74) is 2.04. The van der Waals surface area contributed by atoms with E-state index < -0.39 is 0 Å². The minimum Gasteiger partial charge on any atom is -0.310 e. The van der Waals surface area contributed by atoms with Gasteiger partial charge in [0.05, 0.1) is 11.6 Å². The van der Waals surface area contributed by atoms with Gasteiger partial charge >= 0.3 is 0 Å². The molecule has 0 bridgehead atoms. The van der Waals surface area contributed by atoms with Crippen LogP contribution < -0.4 is 5.32 Å². The van der Waals surface area contributed by atoms with Crippen molar-refractivity contribution in [3.63, 3.8) is 0 Å². The second-order valence-electron chi connectivity index (χ2n) is 3.38. The molecule has 0 saturated carbocycles. The molecule has 0 aromatic heterocycles. The highest BCUT2D eigenvalue weighted by atomic mass is 14.9. The van der Waals surface area contributed by atoms with Crippen molar-refractivity contribution < 1.29 is 0 Å². The van der Waals surface area contributed by atoms with Crippen molar-refractivity contribution in [1.82, 2.24) is 5.32 Å². The van der Waals surface area contributed by atoms with Crippen LogP contribution in [0, 0.1) is 11.3 Å². The standard InChI is InChI=1S/C11H12N2/c12-8-9-3-5-10(6-4-9)11-2-1-7-13-11/h3-6,11,13H,1-2,7H2. The normalized spacial score (nSPS) is 21.3. The second kappa shape index (κ2) is 3.59. The van der Waals surface area contributed by atoms with Gasteiger partial charge in [-0.15, -0.1) is 0 Å². The lowest BCUT2D eigenvalue weighted by Gasteiger charge is -2.09. The summed E-state index contributed by atoms with van der Waals surface area (Å²) in [6, 6.07) is 10.5. The van der Waals surface area contributed by atoms with Gasteiger partial charge in [0.1, 0.15) is 0 Å². The van der Waals surface area contributed by atoms with Crippen LogP contribution in [0.1, 0.15) is 30.0 Å². The molecule has 2 rings (SSSR count). The molecule has 66 valence electrons. The molecule has 1 saturated heterocycles. The van der Waals surface area contributed by atoms with Crippen LogP contribution in [0.4, 0.5) is 0 Å². The van der Waals surface area contributed by atoms with Crippen LogP contribution in [-0.2, 0) is 0 Å². The lowest BCUT2D eigenvalue weighted by Crippen LogP contribution is -2.12. The number of hydrogen-bond donors (Lipinski definition) is 1. The summed E-state index contributed by atoms with van der Waals surface area (Å²) >= 11 is 0. The maximum absolute atomic E-state index is 8.63. The van der Waals surface area contributed by atoms with Gasteiger partial charge in [-0.3, -0.25) is 0 Å². The number of hydrogen-bond acceptors (Lipinski definition) is 2. The highest BCUT2D eigenvalue weighted by Crippen LogP contribution is 2.22. The molecule has 0 spiro atoms. The second-order valence-corrected chi connectivity index (χ2v) is 3.38. The summed E-state index contributed by atoms with van der Waals surface area (Å²) < 4.78 is 0. The summed E-state index contributed by atoms with van der Waals surface area (Å²) in [6.45, 7) is 1.12. The first-order chi connectivity index (χ1) is 6.40. The summed E-state index contributed by atoms with van der Waals surface area (Å²) in [5, 5.41) is 12.1. The Kier molecular flexibility index (Phi) is 2.29. The van der Waals surface area contributed by atoms with Crippen LogP contribution >= 0.6 is 0 Å². The van der Waals surface area contributed by atoms with Crippen LogP contribution in [0.25, 0.3) is 0 Å². The van der Waals surface area contributed by atoms with Gasteiger partial charge in [0.2, 0.25) is 0 Å². The zero-order chi connectivity index (χ0) is 9.10. The zero-order valence-electron chi connectivity index (χ0n) is 7.46. The van der Waals surface area contributed by atoms with Crippen LogP contribution in [0.3, 0.4) is 0 Å². The Morgan fingerprint density at radius 2 is 2.08 bits per heavy atom. The maximum Gasteiger partial charge on any atom is 0.0991 e. The molecule has 0 amide bonds. The smallest absolute Gasteiger partial charge is 0.0991 e. The van der Waals surface area contributed by atoms with E-state index in [1.165, 1.54) is 18.4 Å². The van der Waals surface area contributed by atoms with Crippen molar-refractivity contribution in [2.75, 3.05) is 6.54 Å². The van der Waals surface area contributed by atoms with Gasteiger partial charge in [0, 0.05) is 6.04 Å². The summed E-state index contributed by atoms with van der Waals surface area (Å²) in [4.78, 5) is 0. The van der Waals surface area contributed by atoms with E-state index in [0.717, 1.165) is 12.1 Å². The molecule has 1 heterocycles. The van der Waals surface area contributed by atoms with E-state index >= 15 is 0 Å². The van der Waals surface area contributed by atoms with Gasteiger partial charge in [0.25, 0.3) is 0 Å². The first kappa shape index (κ1) is 8.28. The first-order valence-electron chi connectivity index (χ1n) is 4.63. The van der Waals surface area contributed by atoms with E-state index in [4.69, 9.17) is 5.26 Å². The topological polar surface area (TPSA) is 35.8 Å². The van der Waals surface area contributed by atoms with Crippen molar-refractivity contribution in [2.45, 2.75) is 18.9 Å². The van der Waals surface area contributed by atoms with Gasteiger partial charge in [-0.05, 0) is 37.1 Å². The maximum atomic E-state index is 8.63. The van der Waals surface area contributed by atoms with E-state index in [2.05, 4.69) is 11.4 Å². The van der Waals surface area contributed by atoms with Crippen molar-refractivity contribution in [3.05, 3.63) is 35.4 Å². The summed E-state index contributed by atoms with van der Waals surface area (Å²) in [7, 11) is 0. The number of benzene rings is 1. The Morgan fingerprint density at radius 1 is 1.31 bits per heavy atom. The van der Waals surface area contributed by atoms with Gasteiger partial charge in [0.15, 0.2) is 0 Å². The van der Waals surface area contributed by atoms with Gasteiger partial charge < -0.3 is 5.32 Å². The van der Waals surface area contributed by atoms with Crippen LogP contribution in [0.5, 0.6) is 0 Å². The van der Waals surface area contributed by atoms with Crippen LogP contribution in [0.2, 0.25) is 0 Å².